The van der Waals surface area contributed by atoms with Gasteiger partial charge in [0.15, 0.2) is 0 Å². The lowest BCUT2D eigenvalue weighted by Gasteiger charge is -2.18. The Hall–Kier alpha value is -2.15. The number of rotatable bonds is 3. The first-order valence-corrected chi connectivity index (χ1v) is 7.40. The topological polar surface area (TPSA) is 67.2 Å². The Morgan fingerprint density at radius 3 is 2.91 bits per heavy atom. The van der Waals surface area contributed by atoms with Gasteiger partial charge in [-0.15, -0.1) is 0 Å². The molecule has 0 spiro atoms. The second-order valence-electron chi connectivity index (χ2n) is 5.50. The van der Waals surface area contributed by atoms with Crippen molar-refractivity contribution in [1.82, 2.24) is 24.6 Å². The van der Waals surface area contributed by atoms with Crippen LogP contribution in [0.4, 0.5) is 5.82 Å². The molecule has 0 aromatic carbocycles. The molecule has 2 aromatic rings. The van der Waals surface area contributed by atoms with E-state index in [1.54, 1.807) is 23.1 Å². The van der Waals surface area contributed by atoms with Gasteiger partial charge in [0, 0.05) is 32.7 Å². The van der Waals surface area contributed by atoms with Crippen molar-refractivity contribution >= 4 is 23.3 Å². The third kappa shape index (κ3) is 2.89. The first-order valence-electron chi connectivity index (χ1n) is 7.03. The van der Waals surface area contributed by atoms with Crippen molar-refractivity contribution in [3.05, 3.63) is 35.5 Å². The van der Waals surface area contributed by atoms with Crippen LogP contribution in [0.15, 0.2) is 24.8 Å². The highest BCUT2D eigenvalue weighted by Crippen LogP contribution is 2.24. The van der Waals surface area contributed by atoms with Gasteiger partial charge in [-0.1, -0.05) is 11.6 Å². The minimum atomic E-state index is -0.0324. The summed E-state index contributed by atoms with van der Waals surface area (Å²) >= 11 is 6.02. The van der Waals surface area contributed by atoms with Gasteiger partial charge in [0.25, 0.3) is 5.91 Å². The molecule has 1 amide bonds. The Morgan fingerprint density at radius 2 is 2.23 bits per heavy atom. The molecule has 1 aliphatic heterocycles. The van der Waals surface area contributed by atoms with Crippen molar-refractivity contribution in [2.24, 2.45) is 0 Å². The van der Waals surface area contributed by atoms with Crippen LogP contribution in [-0.4, -0.2) is 57.7 Å². The molecule has 22 heavy (non-hydrogen) atoms. The van der Waals surface area contributed by atoms with Gasteiger partial charge in [-0.25, -0.2) is 14.6 Å². The van der Waals surface area contributed by atoms with Crippen molar-refractivity contribution in [3.63, 3.8) is 0 Å². The van der Waals surface area contributed by atoms with Gasteiger partial charge in [-0.2, -0.15) is 5.10 Å². The second kappa shape index (κ2) is 5.92. The monoisotopic (exact) mass is 320 g/mol. The predicted molar refractivity (Wildman–Crippen MR) is 83.2 cm³/mol. The van der Waals surface area contributed by atoms with E-state index >= 15 is 0 Å². The van der Waals surface area contributed by atoms with Crippen LogP contribution < -0.4 is 4.90 Å². The molecular formula is C14H17ClN6O. The van der Waals surface area contributed by atoms with Crippen molar-refractivity contribution in [2.75, 3.05) is 32.1 Å². The fraction of sp³-hybridized carbons (Fsp3) is 0.429. The molecule has 1 fully saturated rings. The van der Waals surface area contributed by atoms with Crippen LogP contribution in [0.5, 0.6) is 0 Å². The molecule has 0 aliphatic carbocycles. The normalized spacial score (nSPS) is 17.8. The molecule has 0 radical (unpaired) electrons. The van der Waals surface area contributed by atoms with Crippen molar-refractivity contribution in [1.29, 1.82) is 0 Å². The number of anilines is 1. The number of carbonyl (C=O) groups is 1. The van der Waals surface area contributed by atoms with Gasteiger partial charge in [0.2, 0.25) is 0 Å². The molecule has 0 bridgehead atoms. The fourth-order valence-corrected chi connectivity index (χ4v) is 2.77. The number of nitrogens with zero attached hydrogens (tertiary/aromatic N) is 6. The Labute approximate surface area is 133 Å². The van der Waals surface area contributed by atoms with Gasteiger partial charge in [0.05, 0.1) is 6.04 Å². The van der Waals surface area contributed by atoms with E-state index in [9.17, 15) is 4.79 Å². The third-order valence-corrected chi connectivity index (χ3v) is 3.94. The largest absolute Gasteiger partial charge is 0.363 e. The van der Waals surface area contributed by atoms with Crippen molar-refractivity contribution in [3.8, 4) is 0 Å². The van der Waals surface area contributed by atoms with E-state index in [0.717, 1.165) is 6.42 Å². The van der Waals surface area contributed by atoms with E-state index in [0.29, 0.717) is 29.6 Å². The maximum absolute atomic E-state index is 12.7. The predicted octanol–water partition coefficient (Wildman–Crippen LogP) is 1.48. The highest BCUT2D eigenvalue weighted by Gasteiger charge is 2.29. The summed E-state index contributed by atoms with van der Waals surface area (Å²) in [6.45, 7) is 1.32. The van der Waals surface area contributed by atoms with E-state index in [1.807, 2.05) is 23.9 Å². The smallest absolute Gasteiger partial charge is 0.254 e. The first-order chi connectivity index (χ1) is 10.5. The van der Waals surface area contributed by atoms with Crippen LogP contribution in [-0.2, 0) is 0 Å². The molecular weight excluding hydrogens is 304 g/mol. The summed E-state index contributed by atoms with van der Waals surface area (Å²) in [5.41, 5.74) is 0.558. The zero-order valence-electron chi connectivity index (χ0n) is 12.5. The number of aromatic nitrogens is 4. The number of hydrogen-bond donors (Lipinski definition) is 0. The minimum absolute atomic E-state index is 0.0324. The SMILES string of the molecule is CN(C)c1cc(C(=O)N2CC[C@H](n3cncn3)C2)cc(Cl)n1. The van der Waals surface area contributed by atoms with Gasteiger partial charge < -0.3 is 9.80 Å². The Kier molecular flexibility index (Phi) is 3.98. The second-order valence-corrected chi connectivity index (χ2v) is 5.89. The van der Waals surface area contributed by atoms with Gasteiger partial charge in [-0.3, -0.25) is 4.79 Å². The molecule has 0 N–H and O–H groups in total. The van der Waals surface area contributed by atoms with Gasteiger partial charge in [-0.05, 0) is 18.6 Å². The number of halogens is 1. The molecule has 1 aliphatic rings. The standard InChI is InChI=1S/C14H17ClN6O/c1-19(2)13-6-10(5-12(15)18-13)14(22)20-4-3-11(7-20)21-9-16-8-17-21/h5-6,8-9,11H,3-4,7H2,1-2H3/t11-/m0/s1. The summed E-state index contributed by atoms with van der Waals surface area (Å²) in [5, 5.41) is 4.47. The highest BCUT2D eigenvalue weighted by atomic mass is 35.5. The number of hydrogen-bond acceptors (Lipinski definition) is 5. The lowest BCUT2D eigenvalue weighted by atomic mass is 10.2. The van der Waals surface area contributed by atoms with Gasteiger partial charge in [0.1, 0.15) is 23.6 Å². The molecule has 0 saturated carbocycles. The molecule has 1 saturated heterocycles. The maximum atomic E-state index is 12.7. The summed E-state index contributed by atoms with van der Waals surface area (Å²) < 4.78 is 1.80. The minimum Gasteiger partial charge on any atom is -0.363 e. The Bertz CT molecular complexity index is 672. The van der Waals surface area contributed by atoms with Crippen LogP contribution in [0, 0.1) is 0 Å². The molecule has 3 heterocycles. The van der Waals surface area contributed by atoms with E-state index < -0.39 is 0 Å². The lowest BCUT2D eigenvalue weighted by molar-refractivity contribution is 0.0787. The summed E-state index contributed by atoms with van der Waals surface area (Å²) in [7, 11) is 3.73. The van der Waals surface area contributed by atoms with Crippen LogP contribution in [0.3, 0.4) is 0 Å². The maximum Gasteiger partial charge on any atom is 0.254 e. The number of amides is 1. The van der Waals surface area contributed by atoms with E-state index in [-0.39, 0.29) is 11.9 Å². The van der Waals surface area contributed by atoms with Crippen LogP contribution in [0.25, 0.3) is 0 Å². The molecule has 1 atom stereocenters. The first kappa shape index (κ1) is 14.8. The van der Waals surface area contributed by atoms with Crippen LogP contribution >= 0.6 is 11.6 Å². The van der Waals surface area contributed by atoms with E-state index in [4.69, 9.17) is 11.6 Å². The Balaban J connectivity index is 1.77. The number of carbonyl (C=O) groups excluding carboxylic acids is 1. The van der Waals surface area contributed by atoms with E-state index in [2.05, 4.69) is 15.1 Å². The summed E-state index contributed by atoms with van der Waals surface area (Å²) in [6, 6.07) is 3.55. The average molecular weight is 321 g/mol. The number of likely N-dealkylation sites (tertiary alicyclic amines) is 1. The molecule has 116 valence electrons. The Morgan fingerprint density at radius 1 is 1.41 bits per heavy atom. The zero-order valence-corrected chi connectivity index (χ0v) is 13.2. The lowest BCUT2D eigenvalue weighted by Crippen LogP contribution is -2.29. The van der Waals surface area contributed by atoms with Crippen LogP contribution in [0.1, 0.15) is 22.8 Å². The summed E-state index contributed by atoms with van der Waals surface area (Å²) in [6.07, 6.45) is 4.07. The molecule has 2 aromatic heterocycles. The van der Waals surface area contributed by atoms with Crippen molar-refractivity contribution < 1.29 is 4.79 Å². The van der Waals surface area contributed by atoms with Crippen LogP contribution in [0.2, 0.25) is 5.15 Å². The molecule has 3 rings (SSSR count). The van der Waals surface area contributed by atoms with E-state index in [1.165, 1.54) is 6.33 Å². The molecule has 7 nitrogen and oxygen atoms in total. The quantitative estimate of drug-likeness (QED) is 0.801. The molecule has 8 heteroatoms. The number of pyridine rings is 1. The summed E-state index contributed by atoms with van der Waals surface area (Å²) in [5.74, 6) is 0.637. The highest BCUT2D eigenvalue weighted by molar-refractivity contribution is 6.29. The third-order valence-electron chi connectivity index (χ3n) is 3.75. The average Bonchev–Trinajstić information content (AvgIpc) is 3.16. The zero-order chi connectivity index (χ0) is 15.7. The molecule has 0 unspecified atom stereocenters. The summed E-state index contributed by atoms with van der Waals surface area (Å²) in [4.78, 5) is 24.5. The van der Waals surface area contributed by atoms with Gasteiger partial charge >= 0.3 is 0 Å². The fourth-order valence-electron chi connectivity index (χ4n) is 2.57. The van der Waals surface area contributed by atoms with Crippen molar-refractivity contribution in [2.45, 2.75) is 12.5 Å².